The van der Waals surface area contributed by atoms with Crippen LogP contribution in [-0.4, -0.2) is 30.1 Å². The van der Waals surface area contributed by atoms with Gasteiger partial charge in [0.15, 0.2) is 6.04 Å². The van der Waals surface area contributed by atoms with Crippen LogP contribution in [0.1, 0.15) is 42.5 Å². The van der Waals surface area contributed by atoms with E-state index >= 15 is 0 Å². The molecule has 5 nitrogen and oxygen atoms in total. The first-order chi connectivity index (χ1) is 19.1. The van der Waals surface area contributed by atoms with Crippen molar-refractivity contribution >= 4 is 44.4 Å². The van der Waals surface area contributed by atoms with E-state index in [0.29, 0.717) is 19.6 Å². The highest BCUT2D eigenvalue weighted by Crippen LogP contribution is 2.33. The summed E-state index contributed by atoms with van der Waals surface area (Å²) >= 11 is 0. The van der Waals surface area contributed by atoms with Crippen molar-refractivity contribution in [3.63, 3.8) is 0 Å². The Bertz CT molecular complexity index is 1690. The lowest BCUT2D eigenvalue weighted by Gasteiger charge is -2.35. The normalized spacial score (nSPS) is 14.9. The summed E-state index contributed by atoms with van der Waals surface area (Å²) in [5, 5.41) is 7.14. The Morgan fingerprint density at radius 1 is 0.795 bits per heavy atom. The number of carbonyl (C=O) groups excluding carboxylic acids is 2. The van der Waals surface area contributed by atoms with Crippen molar-refractivity contribution in [3.05, 3.63) is 108 Å². The van der Waals surface area contributed by atoms with E-state index in [1.807, 2.05) is 37.3 Å². The first-order valence-electron chi connectivity index (χ1n) is 13.6. The Balaban J connectivity index is 1.24. The van der Waals surface area contributed by atoms with Gasteiger partial charge in [-0.3, -0.25) is 4.90 Å². The minimum absolute atomic E-state index is 0.127. The fraction of sp³-hybridized carbons (Fsp3) is 0.235. The number of esters is 1. The SMILES string of the molecule is CCCCOC(=O)N1CCc2ccccc2C1C(=O)OCc1ccc2c(ccc3c4ccccc4ccc23)c1. The van der Waals surface area contributed by atoms with E-state index in [1.54, 1.807) is 0 Å². The summed E-state index contributed by atoms with van der Waals surface area (Å²) in [4.78, 5) is 27.9. The lowest BCUT2D eigenvalue weighted by atomic mass is 9.93. The highest BCUT2D eigenvalue weighted by molar-refractivity contribution is 6.17. The third-order valence-corrected chi connectivity index (χ3v) is 7.65. The molecule has 1 aliphatic rings. The molecule has 0 N–H and O–H groups in total. The molecule has 1 atom stereocenters. The number of nitrogens with zero attached hydrogens (tertiary/aromatic N) is 1. The van der Waals surface area contributed by atoms with Crippen LogP contribution in [0.2, 0.25) is 0 Å². The highest BCUT2D eigenvalue weighted by Gasteiger charge is 2.37. The van der Waals surface area contributed by atoms with E-state index in [1.165, 1.54) is 26.4 Å². The van der Waals surface area contributed by atoms with Crippen LogP contribution in [0.25, 0.3) is 32.3 Å². The fourth-order valence-corrected chi connectivity index (χ4v) is 5.61. The molecule has 1 heterocycles. The molecule has 1 unspecified atom stereocenters. The van der Waals surface area contributed by atoms with Gasteiger partial charge < -0.3 is 9.47 Å². The van der Waals surface area contributed by atoms with E-state index in [0.717, 1.165) is 40.3 Å². The van der Waals surface area contributed by atoms with Crippen LogP contribution in [-0.2, 0) is 27.3 Å². The molecule has 0 saturated heterocycles. The van der Waals surface area contributed by atoms with Crippen LogP contribution < -0.4 is 0 Å². The second kappa shape index (κ2) is 10.8. The van der Waals surface area contributed by atoms with E-state index in [2.05, 4.69) is 60.7 Å². The summed E-state index contributed by atoms with van der Waals surface area (Å²) in [6, 6.07) is 30.2. The maximum atomic E-state index is 13.5. The number of benzene rings is 5. The van der Waals surface area contributed by atoms with Crippen molar-refractivity contribution in [1.82, 2.24) is 4.90 Å². The van der Waals surface area contributed by atoms with E-state index in [4.69, 9.17) is 9.47 Å². The number of unbranched alkanes of at least 4 members (excludes halogenated alkanes) is 1. The molecule has 39 heavy (non-hydrogen) atoms. The third-order valence-electron chi connectivity index (χ3n) is 7.65. The molecule has 1 aliphatic heterocycles. The lowest BCUT2D eigenvalue weighted by Crippen LogP contribution is -2.44. The monoisotopic (exact) mass is 517 g/mol. The zero-order valence-electron chi connectivity index (χ0n) is 22.1. The van der Waals surface area contributed by atoms with E-state index < -0.39 is 18.1 Å². The minimum atomic E-state index is -0.818. The van der Waals surface area contributed by atoms with Crippen molar-refractivity contribution in [2.24, 2.45) is 0 Å². The lowest BCUT2D eigenvalue weighted by molar-refractivity contribution is -0.151. The second-order valence-electron chi connectivity index (χ2n) is 10.1. The molecule has 6 rings (SSSR count). The zero-order valence-corrected chi connectivity index (χ0v) is 22.1. The summed E-state index contributed by atoms with van der Waals surface area (Å²) in [6.45, 7) is 2.93. The fourth-order valence-electron chi connectivity index (χ4n) is 5.61. The number of amides is 1. The average Bonchev–Trinajstić information content (AvgIpc) is 2.98. The summed E-state index contributed by atoms with van der Waals surface area (Å²) in [7, 11) is 0. The van der Waals surface area contributed by atoms with E-state index in [9.17, 15) is 9.59 Å². The maximum absolute atomic E-state index is 13.5. The molecule has 5 aromatic carbocycles. The van der Waals surface area contributed by atoms with Crippen molar-refractivity contribution in [2.75, 3.05) is 13.2 Å². The predicted molar refractivity (Wildman–Crippen MR) is 155 cm³/mol. The van der Waals surface area contributed by atoms with Gasteiger partial charge in [0.2, 0.25) is 0 Å². The summed E-state index contributed by atoms with van der Waals surface area (Å²) < 4.78 is 11.3. The number of hydrogen-bond donors (Lipinski definition) is 0. The van der Waals surface area contributed by atoms with Crippen LogP contribution in [0.3, 0.4) is 0 Å². The van der Waals surface area contributed by atoms with Crippen LogP contribution in [0.15, 0.2) is 91.0 Å². The Kier molecular flexibility index (Phi) is 6.89. The smallest absolute Gasteiger partial charge is 0.410 e. The van der Waals surface area contributed by atoms with Gasteiger partial charge in [0.25, 0.3) is 0 Å². The molecule has 5 aromatic rings. The molecule has 0 radical (unpaired) electrons. The van der Waals surface area contributed by atoms with Gasteiger partial charge in [-0.15, -0.1) is 0 Å². The van der Waals surface area contributed by atoms with Gasteiger partial charge in [-0.1, -0.05) is 98.3 Å². The molecule has 1 amide bonds. The molecule has 0 bridgehead atoms. The molecule has 0 fully saturated rings. The molecule has 5 heteroatoms. The standard InChI is InChI=1S/C34H31NO4/c1-2-3-20-38-34(37)35-19-18-25-9-5-7-11-29(25)32(35)33(36)39-22-23-12-15-28-26(21-23)14-17-30-27-10-6-4-8-24(27)13-16-31(28)30/h4-17,21,32H,2-3,18-20,22H2,1H3. The van der Waals surface area contributed by atoms with Gasteiger partial charge in [-0.25, -0.2) is 9.59 Å². The minimum Gasteiger partial charge on any atom is -0.459 e. The van der Waals surface area contributed by atoms with Crippen LogP contribution >= 0.6 is 0 Å². The number of hydrogen-bond acceptors (Lipinski definition) is 4. The first kappa shape index (κ1) is 24.9. The number of carbonyl (C=O) groups is 2. The molecule has 196 valence electrons. The molecule has 0 spiro atoms. The average molecular weight is 518 g/mol. The molecule has 0 aromatic heterocycles. The Morgan fingerprint density at radius 2 is 1.51 bits per heavy atom. The number of fused-ring (bicyclic) bond motifs is 6. The van der Waals surface area contributed by atoms with Crippen molar-refractivity contribution in [1.29, 1.82) is 0 Å². The van der Waals surface area contributed by atoms with E-state index in [-0.39, 0.29) is 6.61 Å². The largest absolute Gasteiger partial charge is 0.459 e. The quantitative estimate of drug-likeness (QED) is 0.131. The van der Waals surface area contributed by atoms with Crippen molar-refractivity contribution in [2.45, 2.75) is 38.8 Å². The summed E-state index contributed by atoms with van der Waals surface area (Å²) in [6.07, 6.45) is 1.93. The molecular formula is C34H31NO4. The second-order valence-corrected chi connectivity index (χ2v) is 10.1. The van der Waals surface area contributed by atoms with Gasteiger partial charge in [0.1, 0.15) is 6.61 Å². The summed E-state index contributed by atoms with van der Waals surface area (Å²) in [5.41, 5.74) is 2.76. The van der Waals surface area contributed by atoms with Crippen LogP contribution in [0.5, 0.6) is 0 Å². The zero-order chi connectivity index (χ0) is 26.8. The first-order valence-corrected chi connectivity index (χ1v) is 13.6. The Labute approximate surface area is 227 Å². The van der Waals surface area contributed by atoms with Crippen molar-refractivity contribution < 1.29 is 19.1 Å². The van der Waals surface area contributed by atoms with Crippen molar-refractivity contribution in [3.8, 4) is 0 Å². The van der Waals surface area contributed by atoms with Gasteiger partial charge in [0.05, 0.1) is 6.61 Å². The molecule has 0 aliphatic carbocycles. The molecular weight excluding hydrogens is 486 g/mol. The van der Waals surface area contributed by atoms with Crippen LogP contribution in [0, 0.1) is 0 Å². The predicted octanol–water partition coefficient (Wildman–Crippen LogP) is 7.73. The van der Waals surface area contributed by atoms with Gasteiger partial charge >= 0.3 is 12.1 Å². The third kappa shape index (κ3) is 4.81. The Morgan fingerprint density at radius 3 is 2.36 bits per heavy atom. The van der Waals surface area contributed by atoms with Gasteiger partial charge in [-0.05, 0) is 67.9 Å². The Hall–Kier alpha value is -4.38. The van der Waals surface area contributed by atoms with Gasteiger partial charge in [-0.2, -0.15) is 0 Å². The van der Waals surface area contributed by atoms with Crippen LogP contribution in [0.4, 0.5) is 4.79 Å². The summed E-state index contributed by atoms with van der Waals surface area (Å²) in [5.74, 6) is -0.445. The highest BCUT2D eigenvalue weighted by atomic mass is 16.6. The maximum Gasteiger partial charge on any atom is 0.410 e. The number of rotatable bonds is 6. The van der Waals surface area contributed by atoms with Gasteiger partial charge in [0, 0.05) is 6.54 Å². The number of ether oxygens (including phenoxy) is 2. The topological polar surface area (TPSA) is 55.8 Å². The molecule has 0 saturated carbocycles.